The van der Waals surface area contributed by atoms with Gasteiger partial charge in [0.25, 0.3) is 5.78 Å². The Morgan fingerprint density at radius 2 is 1.71 bits per heavy atom. The topological polar surface area (TPSA) is 72.1 Å². The van der Waals surface area contributed by atoms with Crippen molar-refractivity contribution in [3.05, 3.63) is 54.5 Å². The monoisotopic (exact) mass is 371 g/mol. The Morgan fingerprint density at radius 3 is 2.54 bits per heavy atom. The third-order valence-corrected chi connectivity index (χ3v) is 5.20. The Morgan fingerprint density at radius 1 is 0.893 bits per heavy atom. The standard InChI is InChI=1S/C21H21N7/c1-15-17(18-10-11-22-20(24-18)27-12-6-3-7-13-27)14-23-21-25-19(26-28(15)21)16-8-4-2-5-9-16/h2,4-5,8-11,14H,3,6-7,12-13H2,1H3. The van der Waals surface area contributed by atoms with Crippen molar-refractivity contribution in [2.24, 2.45) is 0 Å². The minimum absolute atomic E-state index is 0.588. The fraction of sp³-hybridized carbons (Fsp3) is 0.286. The van der Waals surface area contributed by atoms with Gasteiger partial charge in [-0.05, 0) is 32.3 Å². The highest BCUT2D eigenvalue weighted by atomic mass is 15.3. The molecule has 0 atom stereocenters. The van der Waals surface area contributed by atoms with Gasteiger partial charge in [0, 0.05) is 36.6 Å². The van der Waals surface area contributed by atoms with Gasteiger partial charge in [0.15, 0.2) is 5.82 Å². The lowest BCUT2D eigenvalue weighted by atomic mass is 10.1. The second-order valence-electron chi connectivity index (χ2n) is 7.06. The molecule has 7 heteroatoms. The molecule has 1 aliphatic rings. The van der Waals surface area contributed by atoms with Crippen molar-refractivity contribution in [2.75, 3.05) is 18.0 Å². The summed E-state index contributed by atoms with van der Waals surface area (Å²) >= 11 is 0. The number of aromatic nitrogens is 6. The summed E-state index contributed by atoms with van der Waals surface area (Å²) in [6.07, 6.45) is 7.33. The van der Waals surface area contributed by atoms with Gasteiger partial charge < -0.3 is 4.90 Å². The average Bonchev–Trinajstić information content (AvgIpc) is 3.21. The van der Waals surface area contributed by atoms with E-state index in [9.17, 15) is 0 Å². The molecule has 0 saturated carbocycles. The van der Waals surface area contributed by atoms with Crippen LogP contribution < -0.4 is 4.90 Å². The summed E-state index contributed by atoms with van der Waals surface area (Å²) in [5, 5.41) is 4.67. The molecule has 3 aromatic heterocycles. The number of anilines is 1. The van der Waals surface area contributed by atoms with Crippen molar-refractivity contribution >= 4 is 11.7 Å². The molecular formula is C21H21N7. The minimum Gasteiger partial charge on any atom is -0.341 e. The SMILES string of the molecule is Cc1c(-c2ccnc(N3CCCCC3)n2)cnc2nc(-c3ccccc3)nn12. The van der Waals surface area contributed by atoms with Crippen molar-refractivity contribution in [3.8, 4) is 22.6 Å². The summed E-state index contributed by atoms with van der Waals surface area (Å²) in [4.78, 5) is 20.6. The second-order valence-corrected chi connectivity index (χ2v) is 7.06. The number of benzene rings is 1. The highest BCUT2D eigenvalue weighted by Crippen LogP contribution is 2.24. The normalized spacial score (nSPS) is 14.5. The Bertz CT molecular complexity index is 1110. The third kappa shape index (κ3) is 2.98. The lowest BCUT2D eigenvalue weighted by Gasteiger charge is -2.26. The molecule has 4 heterocycles. The average molecular weight is 371 g/mol. The molecule has 5 rings (SSSR count). The van der Waals surface area contributed by atoms with Crippen LogP contribution >= 0.6 is 0 Å². The van der Waals surface area contributed by atoms with Crippen molar-refractivity contribution in [2.45, 2.75) is 26.2 Å². The van der Waals surface area contributed by atoms with Gasteiger partial charge in [-0.1, -0.05) is 30.3 Å². The number of rotatable bonds is 3. The number of piperidine rings is 1. The molecule has 0 amide bonds. The number of hydrogen-bond donors (Lipinski definition) is 0. The van der Waals surface area contributed by atoms with Crippen LogP contribution in [0.2, 0.25) is 0 Å². The van der Waals surface area contributed by atoms with Crippen LogP contribution in [-0.2, 0) is 0 Å². The third-order valence-electron chi connectivity index (χ3n) is 5.20. The first-order valence-electron chi connectivity index (χ1n) is 9.66. The number of aryl methyl sites for hydroxylation is 1. The number of nitrogens with zero attached hydrogens (tertiary/aromatic N) is 7. The van der Waals surface area contributed by atoms with Crippen molar-refractivity contribution in [1.29, 1.82) is 0 Å². The zero-order valence-corrected chi connectivity index (χ0v) is 15.8. The van der Waals surface area contributed by atoms with E-state index >= 15 is 0 Å². The zero-order chi connectivity index (χ0) is 18.9. The van der Waals surface area contributed by atoms with Gasteiger partial charge in [0.2, 0.25) is 5.95 Å². The number of fused-ring (bicyclic) bond motifs is 1. The van der Waals surface area contributed by atoms with Gasteiger partial charge >= 0.3 is 0 Å². The molecule has 0 unspecified atom stereocenters. The first kappa shape index (κ1) is 16.8. The molecular weight excluding hydrogens is 350 g/mol. The smallest absolute Gasteiger partial charge is 0.252 e. The van der Waals surface area contributed by atoms with Crippen LogP contribution in [0.4, 0.5) is 5.95 Å². The van der Waals surface area contributed by atoms with Gasteiger partial charge in [-0.25, -0.2) is 19.5 Å². The summed E-state index contributed by atoms with van der Waals surface area (Å²) in [5.74, 6) is 2.05. The molecule has 0 spiro atoms. The van der Waals surface area contributed by atoms with Crippen molar-refractivity contribution in [1.82, 2.24) is 29.5 Å². The highest BCUT2D eigenvalue weighted by Gasteiger charge is 2.17. The van der Waals surface area contributed by atoms with E-state index in [1.54, 1.807) is 4.52 Å². The maximum absolute atomic E-state index is 4.81. The fourth-order valence-electron chi connectivity index (χ4n) is 3.65. The van der Waals surface area contributed by atoms with Gasteiger partial charge in [-0.3, -0.25) is 0 Å². The lowest BCUT2D eigenvalue weighted by Crippen LogP contribution is -2.31. The van der Waals surface area contributed by atoms with E-state index < -0.39 is 0 Å². The Hall–Kier alpha value is -3.35. The van der Waals surface area contributed by atoms with Crippen LogP contribution in [0.25, 0.3) is 28.4 Å². The molecule has 0 bridgehead atoms. The van der Waals surface area contributed by atoms with Gasteiger partial charge in [-0.15, -0.1) is 5.10 Å². The van der Waals surface area contributed by atoms with Gasteiger partial charge in [0.05, 0.1) is 11.4 Å². The minimum atomic E-state index is 0.588. The quantitative estimate of drug-likeness (QED) is 0.548. The summed E-state index contributed by atoms with van der Waals surface area (Å²) in [5.41, 5.74) is 3.74. The highest BCUT2D eigenvalue weighted by molar-refractivity contribution is 5.64. The lowest BCUT2D eigenvalue weighted by molar-refractivity contribution is 0.568. The van der Waals surface area contributed by atoms with E-state index in [0.29, 0.717) is 11.6 Å². The largest absolute Gasteiger partial charge is 0.341 e. The molecule has 28 heavy (non-hydrogen) atoms. The van der Waals surface area contributed by atoms with E-state index in [0.717, 1.165) is 41.6 Å². The first-order valence-corrected chi connectivity index (χ1v) is 9.66. The molecule has 0 N–H and O–H groups in total. The van der Waals surface area contributed by atoms with Crippen molar-refractivity contribution in [3.63, 3.8) is 0 Å². The van der Waals surface area contributed by atoms with E-state index in [2.05, 4.69) is 25.0 Å². The van der Waals surface area contributed by atoms with Gasteiger partial charge in [0.1, 0.15) is 0 Å². The van der Waals surface area contributed by atoms with Crippen LogP contribution in [0.1, 0.15) is 25.0 Å². The fourth-order valence-corrected chi connectivity index (χ4v) is 3.65. The first-order chi connectivity index (χ1) is 13.8. The van der Waals surface area contributed by atoms with Gasteiger partial charge in [-0.2, -0.15) is 4.98 Å². The van der Waals surface area contributed by atoms with Crippen LogP contribution in [0.3, 0.4) is 0 Å². The molecule has 0 radical (unpaired) electrons. The summed E-state index contributed by atoms with van der Waals surface area (Å²) in [6, 6.07) is 11.9. The molecule has 1 aromatic carbocycles. The van der Waals surface area contributed by atoms with Crippen molar-refractivity contribution < 1.29 is 0 Å². The van der Waals surface area contributed by atoms with Crippen LogP contribution in [0.15, 0.2) is 48.8 Å². The zero-order valence-electron chi connectivity index (χ0n) is 15.8. The molecule has 1 saturated heterocycles. The maximum atomic E-state index is 4.81. The Labute approximate surface area is 163 Å². The summed E-state index contributed by atoms with van der Waals surface area (Å²) < 4.78 is 1.79. The maximum Gasteiger partial charge on any atom is 0.252 e. The Balaban J connectivity index is 1.55. The second kappa shape index (κ2) is 6.99. The molecule has 1 aliphatic heterocycles. The predicted molar refractivity (Wildman–Crippen MR) is 108 cm³/mol. The van der Waals surface area contributed by atoms with E-state index in [4.69, 9.17) is 4.98 Å². The van der Waals surface area contributed by atoms with Crippen LogP contribution in [-0.4, -0.2) is 42.6 Å². The molecule has 1 fully saturated rings. The molecule has 140 valence electrons. The summed E-state index contributed by atoms with van der Waals surface area (Å²) in [7, 11) is 0. The van der Waals surface area contributed by atoms with Crippen LogP contribution in [0, 0.1) is 6.92 Å². The van der Waals surface area contributed by atoms with E-state index in [1.807, 2.05) is 55.7 Å². The predicted octanol–water partition coefficient (Wildman–Crippen LogP) is 3.55. The van der Waals surface area contributed by atoms with E-state index in [-0.39, 0.29) is 0 Å². The number of hydrogen-bond acceptors (Lipinski definition) is 6. The van der Waals surface area contributed by atoms with E-state index in [1.165, 1.54) is 19.3 Å². The molecule has 7 nitrogen and oxygen atoms in total. The Kier molecular flexibility index (Phi) is 4.20. The van der Waals surface area contributed by atoms with Crippen LogP contribution in [0.5, 0.6) is 0 Å². The molecule has 0 aliphatic carbocycles. The molecule has 4 aromatic rings. The summed E-state index contributed by atoms with van der Waals surface area (Å²) in [6.45, 7) is 4.06.